The highest BCUT2D eigenvalue weighted by molar-refractivity contribution is 4.80. The summed E-state index contributed by atoms with van der Waals surface area (Å²) in [5.74, 6) is 0.619. The van der Waals surface area contributed by atoms with E-state index in [4.69, 9.17) is 4.74 Å². The summed E-state index contributed by atoms with van der Waals surface area (Å²) in [4.78, 5) is 0. The summed E-state index contributed by atoms with van der Waals surface area (Å²) in [5, 5.41) is 13.1. The standard InChI is InChI=1S/C11H23NO2/c1-9(11(2,3)13)12-7-10-5-4-6-14-8-10/h9-10,12-13H,4-8H2,1-3H3. The molecule has 3 heteroatoms. The Hall–Kier alpha value is -0.120. The fraction of sp³-hybridized carbons (Fsp3) is 1.00. The summed E-state index contributed by atoms with van der Waals surface area (Å²) in [6.07, 6.45) is 2.41. The van der Waals surface area contributed by atoms with Gasteiger partial charge in [-0.1, -0.05) is 0 Å². The Kier molecular flexibility index (Phi) is 4.35. The van der Waals surface area contributed by atoms with Gasteiger partial charge in [0.05, 0.1) is 12.2 Å². The summed E-state index contributed by atoms with van der Waals surface area (Å²) < 4.78 is 5.40. The molecule has 1 heterocycles. The van der Waals surface area contributed by atoms with Gasteiger partial charge in [0, 0.05) is 19.2 Å². The average Bonchev–Trinajstić information content (AvgIpc) is 2.14. The molecule has 3 nitrogen and oxygen atoms in total. The third-order valence-corrected chi connectivity index (χ3v) is 3.03. The van der Waals surface area contributed by atoms with E-state index in [-0.39, 0.29) is 6.04 Å². The second-order valence-corrected chi connectivity index (χ2v) is 4.87. The Morgan fingerprint density at radius 3 is 2.79 bits per heavy atom. The molecule has 0 amide bonds. The van der Waals surface area contributed by atoms with Gasteiger partial charge >= 0.3 is 0 Å². The highest BCUT2D eigenvalue weighted by Crippen LogP contribution is 2.14. The molecular weight excluding hydrogens is 178 g/mol. The molecule has 14 heavy (non-hydrogen) atoms. The van der Waals surface area contributed by atoms with Crippen molar-refractivity contribution in [2.75, 3.05) is 19.8 Å². The molecule has 0 radical (unpaired) electrons. The van der Waals surface area contributed by atoms with Gasteiger partial charge in [-0.05, 0) is 39.5 Å². The van der Waals surface area contributed by atoms with E-state index in [0.717, 1.165) is 19.8 Å². The second-order valence-electron chi connectivity index (χ2n) is 4.87. The van der Waals surface area contributed by atoms with Crippen LogP contribution in [0.4, 0.5) is 0 Å². The zero-order valence-corrected chi connectivity index (χ0v) is 9.55. The molecule has 1 saturated heterocycles. The van der Waals surface area contributed by atoms with Crippen molar-refractivity contribution in [3.05, 3.63) is 0 Å². The van der Waals surface area contributed by atoms with Crippen LogP contribution < -0.4 is 5.32 Å². The van der Waals surface area contributed by atoms with Gasteiger partial charge in [0.2, 0.25) is 0 Å². The van der Waals surface area contributed by atoms with Crippen LogP contribution in [0.2, 0.25) is 0 Å². The van der Waals surface area contributed by atoms with Crippen LogP contribution >= 0.6 is 0 Å². The highest BCUT2D eigenvalue weighted by atomic mass is 16.5. The Morgan fingerprint density at radius 1 is 1.57 bits per heavy atom. The molecule has 0 saturated carbocycles. The number of ether oxygens (including phenoxy) is 1. The van der Waals surface area contributed by atoms with Gasteiger partial charge in [-0.15, -0.1) is 0 Å². The maximum absolute atomic E-state index is 9.72. The van der Waals surface area contributed by atoms with Crippen molar-refractivity contribution in [1.29, 1.82) is 0 Å². The normalized spacial score (nSPS) is 26.1. The Labute approximate surface area is 86.8 Å². The molecule has 1 aliphatic rings. The van der Waals surface area contributed by atoms with E-state index >= 15 is 0 Å². The summed E-state index contributed by atoms with van der Waals surface area (Å²) in [6.45, 7) is 8.42. The van der Waals surface area contributed by atoms with Crippen molar-refractivity contribution in [2.24, 2.45) is 5.92 Å². The zero-order chi connectivity index (χ0) is 10.6. The summed E-state index contributed by atoms with van der Waals surface area (Å²) in [7, 11) is 0. The van der Waals surface area contributed by atoms with Gasteiger partial charge in [0.1, 0.15) is 0 Å². The maximum Gasteiger partial charge on any atom is 0.0741 e. The molecule has 1 fully saturated rings. The number of aliphatic hydroxyl groups is 1. The van der Waals surface area contributed by atoms with Crippen LogP contribution in [0.3, 0.4) is 0 Å². The van der Waals surface area contributed by atoms with Gasteiger partial charge in [0.15, 0.2) is 0 Å². The van der Waals surface area contributed by atoms with E-state index < -0.39 is 5.60 Å². The van der Waals surface area contributed by atoms with Crippen molar-refractivity contribution >= 4 is 0 Å². The molecule has 0 aromatic heterocycles. The number of rotatable bonds is 4. The van der Waals surface area contributed by atoms with Crippen molar-refractivity contribution in [3.8, 4) is 0 Å². The Bertz CT molecular complexity index is 159. The lowest BCUT2D eigenvalue weighted by Crippen LogP contribution is -2.46. The fourth-order valence-electron chi connectivity index (χ4n) is 1.56. The van der Waals surface area contributed by atoms with Gasteiger partial charge in [-0.2, -0.15) is 0 Å². The number of hydrogen-bond acceptors (Lipinski definition) is 3. The molecule has 1 aliphatic heterocycles. The van der Waals surface area contributed by atoms with E-state index in [1.807, 2.05) is 20.8 Å². The average molecular weight is 201 g/mol. The smallest absolute Gasteiger partial charge is 0.0741 e. The van der Waals surface area contributed by atoms with Crippen molar-refractivity contribution < 1.29 is 9.84 Å². The van der Waals surface area contributed by atoms with Crippen LogP contribution in [0.1, 0.15) is 33.6 Å². The first-order valence-electron chi connectivity index (χ1n) is 5.53. The lowest BCUT2D eigenvalue weighted by Gasteiger charge is -2.30. The van der Waals surface area contributed by atoms with Crippen molar-refractivity contribution in [3.63, 3.8) is 0 Å². The van der Waals surface area contributed by atoms with E-state index in [2.05, 4.69) is 5.32 Å². The van der Waals surface area contributed by atoms with Crippen LogP contribution in [0.25, 0.3) is 0 Å². The highest BCUT2D eigenvalue weighted by Gasteiger charge is 2.23. The Morgan fingerprint density at radius 2 is 2.29 bits per heavy atom. The van der Waals surface area contributed by atoms with E-state index in [9.17, 15) is 5.11 Å². The van der Waals surface area contributed by atoms with Gasteiger partial charge in [-0.25, -0.2) is 0 Å². The lowest BCUT2D eigenvalue weighted by molar-refractivity contribution is 0.0290. The predicted octanol–water partition coefficient (Wildman–Crippen LogP) is 1.16. The number of hydrogen-bond donors (Lipinski definition) is 2. The SMILES string of the molecule is CC(NCC1CCCOC1)C(C)(C)O. The molecule has 2 unspecified atom stereocenters. The topological polar surface area (TPSA) is 41.5 Å². The molecule has 0 aromatic rings. The Balaban J connectivity index is 2.19. The lowest BCUT2D eigenvalue weighted by atomic mass is 9.98. The van der Waals surface area contributed by atoms with Crippen LogP contribution in [0, 0.1) is 5.92 Å². The molecular formula is C11H23NO2. The minimum Gasteiger partial charge on any atom is -0.389 e. The minimum absolute atomic E-state index is 0.129. The molecule has 0 spiro atoms. The van der Waals surface area contributed by atoms with Crippen LogP contribution in [0.15, 0.2) is 0 Å². The molecule has 0 aromatic carbocycles. The van der Waals surface area contributed by atoms with Crippen LogP contribution in [-0.2, 0) is 4.74 Å². The largest absolute Gasteiger partial charge is 0.389 e. The first kappa shape index (κ1) is 12.0. The van der Waals surface area contributed by atoms with Crippen molar-refractivity contribution in [1.82, 2.24) is 5.32 Å². The summed E-state index contributed by atoms with van der Waals surface area (Å²) in [6, 6.07) is 0.129. The summed E-state index contributed by atoms with van der Waals surface area (Å²) >= 11 is 0. The van der Waals surface area contributed by atoms with Crippen molar-refractivity contribution in [2.45, 2.75) is 45.3 Å². The predicted molar refractivity (Wildman–Crippen MR) is 57.3 cm³/mol. The monoisotopic (exact) mass is 201 g/mol. The molecule has 0 bridgehead atoms. The van der Waals surface area contributed by atoms with E-state index in [0.29, 0.717) is 5.92 Å². The maximum atomic E-state index is 9.72. The fourth-order valence-corrected chi connectivity index (χ4v) is 1.56. The molecule has 2 N–H and O–H groups in total. The van der Waals surface area contributed by atoms with Gasteiger partial charge < -0.3 is 15.2 Å². The van der Waals surface area contributed by atoms with E-state index in [1.54, 1.807) is 0 Å². The molecule has 1 rings (SSSR count). The molecule has 0 aliphatic carbocycles. The first-order valence-corrected chi connectivity index (χ1v) is 5.53. The quantitative estimate of drug-likeness (QED) is 0.717. The second kappa shape index (κ2) is 5.10. The van der Waals surface area contributed by atoms with E-state index in [1.165, 1.54) is 12.8 Å². The van der Waals surface area contributed by atoms with Crippen LogP contribution in [-0.4, -0.2) is 36.5 Å². The molecule has 2 atom stereocenters. The minimum atomic E-state index is -0.643. The summed E-state index contributed by atoms with van der Waals surface area (Å²) in [5.41, 5.74) is -0.643. The first-order chi connectivity index (χ1) is 6.50. The molecule has 84 valence electrons. The third-order valence-electron chi connectivity index (χ3n) is 3.03. The van der Waals surface area contributed by atoms with Gasteiger partial charge in [0.25, 0.3) is 0 Å². The van der Waals surface area contributed by atoms with Gasteiger partial charge in [-0.3, -0.25) is 0 Å². The third kappa shape index (κ3) is 3.95. The van der Waals surface area contributed by atoms with Crippen LogP contribution in [0.5, 0.6) is 0 Å². The zero-order valence-electron chi connectivity index (χ0n) is 9.55. The number of nitrogens with one attached hydrogen (secondary N) is 1.